The Balaban J connectivity index is 1.89. The fourth-order valence-electron chi connectivity index (χ4n) is 2.60. The molecule has 8 heteroatoms. The van der Waals surface area contributed by atoms with Crippen LogP contribution < -0.4 is 5.32 Å². The van der Waals surface area contributed by atoms with Gasteiger partial charge in [0.2, 0.25) is 0 Å². The van der Waals surface area contributed by atoms with Crippen LogP contribution in [-0.4, -0.2) is 68.4 Å². The van der Waals surface area contributed by atoms with Crippen molar-refractivity contribution in [2.45, 2.75) is 6.42 Å². The predicted molar refractivity (Wildman–Crippen MR) is 79.2 cm³/mol. The Morgan fingerprint density at radius 1 is 1.24 bits per heavy atom. The Morgan fingerprint density at radius 3 is 2.95 bits per heavy atom. The fraction of sp³-hybridized carbons (Fsp3) is 0.538. The van der Waals surface area contributed by atoms with E-state index < -0.39 is 10.0 Å². The van der Waals surface area contributed by atoms with E-state index >= 15 is 0 Å². The van der Waals surface area contributed by atoms with E-state index in [0.717, 1.165) is 19.5 Å². The van der Waals surface area contributed by atoms with Crippen molar-refractivity contribution in [3.8, 4) is 0 Å². The van der Waals surface area contributed by atoms with Gasteiger partial charge in [0.05, 0.1) is 11.3 Å². The number of amidine groups is 1. The summed E-state index contributed by atoms with van der Waals surface area (Å²) in [6.45, 7) is 3.28. The fourth-order valence-corrected chi connectivity index (χ4v) is 3.59. The van der Waals surface area contributed by atoms with Gasteiger partial charge in [0.1, 0.15) is 0 Å². The maximum atomic E-state index is 12.7. The standard InChI is InChI=1S/C13H18N4O3S/c18-13(17-7-2-4-14-5-8-17)11-3-1-6-16-9-10-21(19,20)15-12(11)16/h1,3,6,14H,2,4-5,7-10H2. The molecule has 0 saturated carbocycles. The van der Waals surface area contributed by atoms with E-state index in [2.05, 4.69) is 9.71 Å². The second-order valence-corrected chi connectivity index (χ2v) is 6.97. The Hall–Kier alpha value is -1.67. The zero-order chi connectivity index (χ0) is 14.9. The van der Waals surface area contributed by atoms with Gasteiger partial charge in [-0.1, -0.05) is 0 Å². The SMILES string of the molecule is O=C(C1=CC=CN2CCS(=O)(=O)N=C12)N1CCCNCC1. The molecule has 0 unspecified atom stereocenters. The zero-order valence-electron chi connectivity index (χ0n) is 11.7. The minimum absolute atomic E-state index is 0.0179. The molecule has 1 fully saturated rings. The first-order valence-electron chi connectivity index (χ1n) is 7.05. The van der Waals surface area contributed by atoms with Crippen LogP contribution in [0.1, 0.15) is 6.42 Å². The minimum atomic E-state index is -3.47. The Bertz CT molecular complexity index is 628. The van der Waals surface area contributed by atoms with Crippen molar-refractivity contribution in [2.24, 2.45) is 4.40 Å². The molecule has 0 aromatic heterocycles. The number of carbonyl (C=O) groups excluding carboxylic acids is 1. The lowest BCUT2D eigenvalue weighted by atomic mass is 10.1. The molecule has 0 aromatic carbocycles. The quantitative estimate of drug-likeness (QED) is 0.693. The highest BCUT2D eigenvalue weighted by atomic mass is 32.2. The van der Waals surface area contributed by atoms with E-state index in [-0.39, 0.29) is 17.5 Å². The molecular weight excluding hydrogens is 292 g/mol. The number of sulfonamides is 1. The molecule has 0 bridgehead atoms. The van der Waals surface area contributed by atoms with Gasteiger partial charge in [0.15, 0.2) is 5.84 Å². The number of fused-ring (bicyclic) bond motifs is 1. The molecule has 0 atom stereocenters. The molecule has 21 heavy (non-hydrogen) atoms. The summed E-state index contributed by atoms with van der Waals surface area (Å²) in [6, 6.07) is 0. The van der Waals surface area contributed by atoms with Crippen LogP contribution >= 0.6 is 0 Å². The third-order valence-corrected chi connectivity index (χ3v) is 4.86. The summed E-state index contributed by atoms with van der Waals surface area (Å²) in [4.78, 5) is 16.1. The van der Waals surface area contributed by atoms with Crippen molar-refractivity contribution >= 4 is 21.8 Å². The van der Waals surface area contributed by atoms with Crippen LogP contribution in [0.2, 0.25) is 0 Å². The number of nitrogens with zero attached hydrogens (tertiary/aromatic N) is 3. The number of amides is 1. The van der Waals surface area contributed by atoms with Gasteiger partial charge in [-0.25, -0.2) is 8.42 Å². The number of hydrogen-bond donors (Lipinski definition) is 1. The first kappa shape index (κ1) is 14.3. The van der Waals surface area contributed by atoms with E-state index in [4.69, 9.17) is 0 Å². The van der Waals surface area contributed by atoms with Crippen LogP contribution in [0.5, 0.6) is 0 Å². The molecule has 3 aliphatic heterocycles. The topological polar surface area (TPSA) is 82.1 Å². The van der Waals surface area contributed by atoms with Crippen LogP contribution in [0.25, 0.3) is 0 Å². The molecule has 0 aliphatic carbocycles. The van der Waals surface area contributed by atoms with Gasteiger partial charge in [-0.2, -0.15) is 0 Å². The van der Waals surface area contributed by atoms with Gasteiger partial charge in [0, 0.05) is 32.4 Å². The summed E-state index contributed by atoms with van der Waals surface area (Å²) in [5.41, 5.74) is 0.364. The molecule has 3 rings (SSSR count). The zero-order valence-corrected chi connectivity index (χ0v) is 12.5. The first-order valence-corrected chi connectivity index (χ1v) is 8.66. The smallest absolute Gasteiger partial charge is 0.257 e. The lowest BCUT2D eigenvalue weighted by Gasteiger charge is -2.30. The van der Waals surface area contributed by atoms with Gasteiger partial charge in [0.25, 0.3) is 15.9 Å². The van der Waals surface area contributed by atoms with Gasteiger partial charge < -0.3 is 15.1 Å². The van der Waals surface area contributed by atoms with Crippen LogP contribution in [0.3, 0.4) is 0 Å². The summed E-state index contributed by atoms with van der Waals surface area (Å²) in [6.07, 6.45) is 6.06. The van der Waals surface area contributed by atoms with E-state index in [1.54, 1.807) is 28.2 Å². The van der Waals surface area contributed by atoms with Crippen molar-refractivity contribution in [2.75, 3.05) is 38.5 Å². The Morgan fingerprint density at radius 2 is 2.10 bits per heavy atom. The summed E-state index contributed by atoms with van der Waals surface area (Å²) < 4.78 is 27.2. The van der Waals surface area contributed by atoms with Crippen molar-refractivity contribution < 1.29 is 13.2 Å². The lowest BCUT2D eigenvalue weighted by Crippen LogP contribution is -2.44. The largest absolute Gasteiger partial charge is 0.337 e. The first-order chi connectivity index (χ1) is 10.1. The Kier molecular flexibility index (Phi) is 3.81. The summed E-state index contributed by atoms with van der Waals surface area (Å²) in [5, 5.41) is 3.24. The predicted octanol–water partition coefficient (Wildman–Crippen LogP) is -0.694. The molecule has 1 saturated heterocycles. The number of allylic oxidation sites excluding steroid dienone is 2. The number of hydrogen-bond acceptors (Lipinski definition) is 5. The average molecular weight is 310 g/mol. The van der Waals surface area contributed by atoms with Gasteiger partial charge in [-0.05, 0) is 25.1 Å². The van der Waals surface area contributed by atoms with Crippen molar-refractivity contribution in [3.63, 3.8) is 0 Å². The second kappa shape index (κ2) is 5.61. The third-order valence-electron chi connectivity index (χ3n) is 3.72. The Labute approximate surface area is 124 Å². The maximum Gasteiger partial charge on any atom is 0.257 e. The number of nitrogens with one attached hydrogen (secondary N) is 1. The second-order valence-electron chi connectivity index (χ2n) is 5.21. The molecule has 0 radical (unpaired) electrons. The van der Waals surface area contributed by atoms with Crippen LogP contribution in [0, 0.1) is 0 Å². The molecule has 3 heterocycles. The third kappa shape index (κ3) is 3.01. The summed E-state index contributed by atoms with van der Waals surface area (Å²) >= 11 is 0. The molecular formula is C13H18N4O3S. The summed E-state index contributed by atoms with van der Waals surface area (Å²) in [5.74, 6) is 0.0884. The highest BCUT2D eigenvalue weighted by Crippen LogP contribution is 2.19. The monoisotopic (exact) mass is 310 g/mol. The van der Waals surface area contributed by atoms with Crippen molar-refractivity contribution in [3.05, 3.63) is 23.9 Å². The van der Waals surface area contributed by atoms with Crippen LogP contribution in [0.15, 0.2) is 28.3 Å². The number of carbonyl (C=O) groups is 1. The van der Waals surface area contributed by atoms with E-state index in [9.17, 15) is 13.2 Å². The molecule has 3 aliphatic rings. The average Bonchev–Trinajstić information content (AvgIpc) is 2.74. The normalized spacial score (nSPS) is 24.8. The van der Waals surface area contributed by atoms with Crippen molar-refractivity contribution in [1.82, 2.24) is 15.1 Å². The van der Waals surface area contributed by atoms with Crippen LogP contribution in [-0.2, 0) is 14.8 Å². The lowest BCUT2D eigenvalue weighted by molar-refractivity contribution is -0.126. The maximum absolute atomic E-state index is 12.7. The van der Waals surface area contributed by atoms with E-state index in [0.29, 0.717) is 25.2 Å². The highest BCUT2D eigenvalue weighted by Gasteiger charge is 2.32. The van der Waals surface area contributed by atoms with Gasteiger partial charge in [-0.15, -0.1) is 4.40 Å². The van der Waals surface area contributed by atoms with E-state index in [1.165, 1.54) is 0 Å². The molecule has 0 aromatic rings. The molecule has 1 N–H and O–H groups in total. The van der Waals surface area contributed by atoms with Gasteiger partial charge >= 0.3 is 0 Å². The van der Waals surface area contributed by atoms with Crippen molar-refractivity contribution in [1.29, 1.82) is 0 Å². The molecule has 7 nitrogen and oxygen atoms in total. The minimum Gasteiger partial charge on any atom is -0.337 e. The van der Waals surface area contributed by atoms with Gasteiger partial charge in [-0.3, -0.25) is 4.79 Å². The van der Waals surface area contributed by atoms with E-state index in [1.807, 2.05) is 0 Å². The van der Waals surface area contributed by atoms with Crippen LogP contribution in [0.4, 0.5) is 0 Å². The summed E-state index contributed by atoms with van der Waals surface area (Å²) in [7, 11) is -3.47. The molecule has 0 spiro atoms. The molecule has 1 amide bonds. The highest BCUT2D eigenvalue weighted by molar-refractivity contribution is 7.90. The molecule has 114 valence electrons. The number of rotatable bonds is 1.